The van der Waals surface area contributed by atoms with E-state index in [2.05, 4.69) is 36.8 Å². The Kier molecular flexibility index (Phi) is 2.22. The molecular formula is C13H16N2. The molecule has 0 spiro atoms. The molecule has 2 nitrogen and oxygen atoms in total. The zero-order valence-corrected chi connectivity index (χ0v) is 9.70. The number of hydrogen-bond donors (Lipinski definition) is 0. The van der Waals surface area contributed by atoms with E-state index < -0.39 is 0 Å². The van der Waals surface area contributed by atoms with Crippen molar-refractivity contribution in [2.45, 2.75) is 33.1 Å². The molecule has 1 heterocycles. The summed E-state index contributed by atoms with van der Waals surface area (Å²) in [6.07, 6.45) is 0. The molecule has 2 heteroatoms. The smallest absolute Gasteiger partial charge is 0.134 e. The second-order valence-electron chi connectivity index (χ2n) is 4.90. The molecule has 0 saturated carbocycles. The van der Waals surface area contributed by atoms with E-state index in [0.717, 1.165) is 22.4 Å². The molecule has 2 aromatic rings. The van der Waals surface area contributed by atoms with Crippen molar-refractivity contribution >= 4 is 10.9 Å². The van der Waals surface area contributed by atoms with Crippen molar-refractivity contribution in [3.8, 4) is 0 Å². The summed E-state index contributed by atoms with van der Waals surface area (Å²) in [6.45, 7) is 8.45. The van der Waals surface area contributed by atoms with Gasteiger partial charge >= 0.3 is 0 Å². The third kappa shape index (κ3) is 1.84. The summed E-state index contributed by atoms with van der Waals surface area (Å²) >= 11 is 0. The van der Waals surface area contributed by atoms with Crippen LogP contribution in [0.4, 0.5) is 0 Å². The summed E-state index contributed by atoms with van der Waals surface area (Å²) in [5.41, 5.74) is 2.11. The second kappa shape index (κ2) is 3.30. The molecule has 0 saturated heterocycles. The van der Waals surface area contributed by atoms with Gasteiger partial charge in [0.05, 0.1) is 5.52 Å². The molecule has 0 N–H and O–H groups in total. The quantitative estimate of drug-likeness (QED) is 0.652. The molecule has 0 bridgehead atoms. The number of hydrogen-bond acceptors (Lipinski definition) is 2. The van der Waals surface area contributed by atoms with Gasteiger partial charge in [-0.1, -0.05) is 39.0 Å². The lowest BCUT2D eigenvalue weighted by Crippen LogP contribution is -2.16. The number of aryl methyl sites for hydroxylation is 1. The molecule has 0 aliphatic carbocycles. The average molecular weight is 200 g/mol. The fourth-order valence-corrected chi connectivity index (χ4v) is 1.57. The maximum Gasteiger partial charge on any atom is 0.134 e. The lowest BCUT2D eigenvalue weighted by molar-refractivity contribution is 0.546. The zero-order valence-electron chi connectivity index (χ0n) is 9.70. The van der Waals surface area contributed by atoms with Gasteiger partial charge in [-0.3, -0.25) is 0 Å². The van der Waals surface area contributed by atoms with E-state index >= 15 is 0 Å². The molecule has 0 atom stereocenters. The summed E-state index contributed by atoms with van der Waals surface area (Å²) in [6, 6.07) is 8.15. The SMILES string of the molecule is Cc1nc(C(C)(C)C)nc2ccccc12. The van der Waals surface area contributed by atoms with E-state index in [1.54, 1.807) is 0 Å². The van der Waals surface area contributed by atoms with Crippen molar-refractivity contribution in [3.05, 3.63) is 35.8 Å². The molecule has 0 unspecified atom stereocenters. The number of rotatable bonds is 0. The first-order valence-electron chi connectivity index (χ1n) is 5.22. The van der Waals surface area contributed by atoms with Crippen LogP contribution in [0.3, 0.4) is 0 Å². The first kappa shape index (κ1) is 10.1. The summed E-state index contributed by atoms with van der Waals surface area (Å²) < 4.78 is 0. The predicted octanol–water partition coefficient (Wildman–Crippen LogP) is 3.24. The summed E-state index contributed by atoms with van der Waals surface area (Å²) in [7, 11) is 0. The van der Waals surface area contributed by atoms with Gasteiger partial charge in [-0.05, 0) is 13.0 Å². The standard InChI is InChI=1S/C13H16N2/c1-9-10-7-5-6-8-11(10)15-12(14-9)13(2,3)4/h5-8H,1-4H3. The van der Waals surface area contributed by atoms with Crippen LogP contribution in [0.25, 0.3) is 10.9 Å². The number of aromatic nitrogens is 2. The molecule has 1 aromatic heterocycles. The van der Waals surface area contributed by atoms with Crippen molar-refractivity contribution in [1.29, 1.82) is 0 Å². The first-order valence-corrected chi connectivity index (χ1v) is 5.22. The largest absolute Gasteiger partial charge is 0.237 e. The summed E-state index contributed by atoms with van der Waals surface area (Å²) in [4.78, 5) is 9.16. The highest BCUT2D eigenvalue weighted by Gasteiger charge is 2.18. The van der Waals surface area contributed by atoms with Crippen molar-refractivity contribution < 1.29 is 0 Å². The van der Waals surface area contributed by atoms with Crippen LogP contribution in [0, 0.1) is 6.92 Å². The van der Waals surface area contributed by atoms with E-state index in [1.165, 1.54) is 0 Å². The van der Waals surface area contributed by atoms with Gasteiger partial charge in [-0.15, -0.1) is 0 Å². The Balaban J connectivity index is 2.73. The molecule has 1 aromatic carbocycles. The molecule has 0 radical (unpaired) electrons. The molecule has 0 aliphatic rings. The Morgan fingerprint density at radius 3 is 2.33 bits per heavy atom. The number of para-hydroxylation sites is 1. The van der Waals surface area contributed by atoms with Crippen LogP contribution in [0.1, 0.15) is 32.3 Å². The Morgan fingerprint density at radius 1 is 1.00 bits per heavy atom. The Morgan fingerprint density at radius 2 is 1.67 bits per heavy atom. The Bertz CT molecular complexity index is 495. The van der Waals surface area contributed by atoms with E-state index in [9.17, 15) is 0 Å². The molecular weight excluding hydrogens is 184 g/mol. The van der Waals surface area contributed by atoms with Crippen LogP contribution >= 0.6 is 0 Å². The summed E-state index contributed by atoms with van der Waals surface area (Å²) in [5, 5.41) is 1.14. The first-order chi connectivity index (χ1) is 6.98. The van der Waals surface area contributed by atoms with Crippen molar-refractivity contribution in [2.24, 2.45) is 0 Å². The van der Waals surface area contributed by atoms with Crippen LogP contribution in [0.5, 0.6) is 0 Å². The van der Waals surface area contributed by atoms with Gasteiger partial charge < -0.3 is 0 Å². The highest BCUT2D eigenvalue weighted by Crippen LogP contribution is 2.22. The predicted molar refractivity (Wildman–Crippen MR) is 63.0 cm³/mol. The van der Waals surface area contributed by atoms with Crippen molar-refractivity contribution in [3.63, 3.8) is 0 Å². The molecule has 78 valence electrons. The normalized spacial score (nSPS) is 12.0. The Labute approximate surface area is 90.4 Å². The van der Waals surface area contributed by atoms with Gasteiger partial charge in [0, 0.05) is 16.5 Å². The van der Waals surface area contributed by atoms with Crippen LogP contribution in [-0.2, 0) is 5.41 Å². The average Bonchev–Trinajstić information content (AvgIpc) is 2.16. The van der Waals surface area contributed by atoms with Crippen LogP contribution in [-0.4, -0.2) is 9.97 Å². The maximum atomic E-state index is 4.60. The molecule has 0 aliphatic heterocycles. The molecule has 0 fully saturated rings. The lowest BCUT2D eigenvalue weighted by Gasteiger charge is -2.17. The van der Waals surface area contributed by atoms with Crippen LogP contribution in [0.15, 0.2) is 24.3 Å². The third-order valence-electron chi connectivity index (χ3n) is 2.46. The monoisotopic (exact) mass is 200 g/mol. The number of nitrogens with zero attached hydrogens (tertiary/aromatic N) is 2. The van der Waals surface area contributed by atoms with E-state index in [0.29, 0.717) is 0 Å². The topological polar surface area (TPSA) is 25.8 Å². The molecule has 15 heavy (non-hydrogen) atoms. The number of benzene rings is 1. The van der Waals surface area contributed by atoms with Gasteiger partial charge in [0.1, 0.15) is 5.82 Å². The minimum atomic E-state index is 0.00872. The highest BCUT2D eigenvalue weighted by molar-refractivity contribution is 5.80. The fraction of sp³-hybridized carbons (Fsp3) is 0.385. The van der Waals surface area contributed by atoms with Gasteiger partial charge in [0.15, 0.2) is 0 Å². The summed E-state index contributed by atoms with van der Waals surface area (Å²) in [5.74, 6) is 0.915. The third-order valence-corrected chi connectivity index (χ3v) is 2.46. The molecule has 2 rings (SSSR count). The van der Waals surface area contributed by atoms with Crippen molar-refractivity contribution in [2.75, 3.05) is 0 Å². The van der Waals surface area contributed by atoms with E-state index in [1.807, 2.05) is 25.1 Å². The minimum Gasteiger partial charge on any atom is -0.237 e. The van der Waals surface area contributed by atoms with E-state index in [4.69, 9.17) is 0 Å². The highest BCUT2D eigenvalue weighted by atomic mass is 14.9. The van der Waals surface area contributed by atoms with Crippen molar-refractivity contribution in [1.82, 2.24) is 9.97 Å². The lowest BCUT2D eigenvalue weighted by atomic mass is 9.95. The molecule has 0 amide bonds. The minimum absolute atomic E-state index is 0.00872. The second-order valence-corrected chi connectivity index (χ2v) is 4.90. The van der Waals surface area contributed by atoms with Gasteiger partial charge in [0.25, 0.3) is 0 Å². The number of fused-ring (bicyclic) bond motifs is 1. The van der Waals surface area contributed by atoms with Crippen LogP contribution < -0.4 is 0 Å². The van der Waals surface area contributed by atoms with Crippen LogP contribution in [0.2, 0.25) is 0 Å². The fourth-order valence-electron chi connectivity index (χ4n) is 1.57. The van der Waals surface area contributed by atoms with Gasteiger partial charge in [-0.2, -0.15) is 0 Å². The maximum absolute atomic E-state index is 4.60. The zero-order chi connectivity index (χ0) is 11.1. The Hall–Kier alpha value is -1.44. The van der Waals surface area contributed by atoms with E-state index in [-0.39, 0.29) is 5.41 Å². The van der Waals surface area contributed by atoms with Gasteiger partial charge in [0.2, 0.25) is 0 Å². The van der Waals surface area contributed by atoms with Gasteiger partial charge in [-0.25, -0.2) is 9.97 Å².